The van der Waals surface area contributed by atoms with Gasteiger partial charge in [-0.05, 0) is 59.9 Å². The van der Waals surface area contributed by atoms with Crippen LogP contribution in [0, 0.1) is 0 Å². The Morgan fingerprint density at radius 2 is 1.43 bits per heavy atom. The number of aliphatic hydroxyl groups is 1. The van der Waals surface area contributed by atoms with E-state index in [0.717, 1.165) is 5.56 Å². The second kappa shape index (κ2) is 11.0. The fourth-order valence-electron chi connectivity index (χ4n) is 2.41. The van der Waals surface area contributed by atoms with E-state index in [2.05, 4.69) is 0 Å². The van der Waals surface area contributed by atoms with Crippen LogP contribution in [0.1, 0.15) is 59.9 Å². The number of carbonyl (C=O) groups excluding carboxylic acids is 3. The molecule has 1 rings (SSSR count). The number of hydrogen-bond acceptors (Lipinski definition) is 7. The van der Waals surface area contributed by atoms with Crippen LogP contribution in [0.4, 0.5) is 9.59 Å². The average Bonchev–Trinajstić information content (AvgIpc) is 2.60. The average molecular weight is 424 g/mol. The Balaban J connectivity index is 3.14. The first-order chi connectivity index (χ1) is 13.8. The molecule has 0 heterocycles. The monoisotopic (exact) mass is 423 g/mol. The normalized spacial score (nSPS) is 12.6. The van der Waals surface area contributed by atoms with Crippen LogP contribution in [0.2, 0.25) is 0 Å². The Labute approximate surface area is 178 Å². The van der Waals surface area contributed by atoms with E-state index in [1.165, 1.54) is 0 Å². The zero-order valence-electron chi connectivity index (χ0n) is 18.6. The molecule has 8 nitrogen and oxygen atoms in total. The highest BCUT2D eigenvalue weighted by atomic mass is 16.6. The number of amides is 2. The Bertz CT molecular complexity index is 676. The molecule has 0 aliphatic rings. The molecule has 2 amide bonds. The quantitative estimate of drug-likeness (QED) is 0.521. The number of ether oxygens (including phenoxy) is 3. The summed E-state index contributed by atoms with van der Waals surface area (Å²) in [6, 6.07) is 7.72. The van der Waals surface area contributed by atoms with Crippen LogP contribution in [-0.4, -0.2) is 52.0 Å². The topological polar surface area (TPSA) is 102 Å². The van der Waals surface area contributed by atoms with E-state index in [1.54, 1.807) is 65.8 Å². The molecular formula is C22H33NO7. The van der Waals surface area contributed by atoms with E-state index in [0.29, 0.717) is 4.90 Å². The fraction of sp³-hybridized carbons (Fsp3) is 0.591. The highest BCUT2D eigenvalue weighted by molar-refractivity contribution is 5.94. The van der Waals surface area contributed by atoms with Crippen LogP contribution in [0.25, 0.3) is 0 Å². The van der Waals surface area contributed by atoms with Gasteiger partial charge in [-0.15, -0.1) is 0 Å². The Morgan fingerprint density at radius 3 is 1.87 bits per heavy atom. The van der Waals surface area contributed by atoms with Gasteiger partial charge in [-0.2, -0.15) is 4.90 Å². The van der Waals surface area contributed by atoms with Gasteiger partial charge < -0.3 is 19.3 Å². The van der Waals surface area contributed by atoms with Crippen molar-refractivity contribution in [2.75, 3.05) is 6.61 Å². The molecule has 168 valence electrons. The lowest BCUT2D eigenvalue weighted by molar-refractivity contribution is -0.151. The van der Waals surface area contributed by atoms with Gasteiger partial charge in [0.1, 0.15) is 23.9 Å². The molecule has 0 saturated carbocycles. The van der Waals surface area contributed by atoms with Gasteiger partial charge in [-0.3, -0.25) is 0 Å². The summed E-state index contributed by atoms with van der Waals surface area (Å²) in [7, 11) is 0. The van der Waals surface area contributed by atoms with E-state index in [-0.39, 0.29) is 26.1 Å². The number of benzene rings is 1. The number of nitrogens with zero attached hydrogens (tertiary/aromatic N) is 1. The van der Waals surface area contributed by atoms with Gasteiger partial charge in [0.2, 0.25) is 0 Å². The summed E-state index contributed by atoms with van der Waals surface area (Å²) >= 11 is 0. The minimum Gasteiger partial charge on any atom is -0.459 e. The Kier molecular flexibility index (Phi) is 9.29. The summed E-state index contributed by atoms with van der Waals surface area (Å²) < 4.78 is 16.0. The zero-order valence-corrected chi connectivity index (χ0v) is 18.6. The minimum absolute atomic E-state index is 0.00259. The molecule has 0 aliphatic heterocycles. The third-order valence-corrected chi connectivity index (χ3v) is 3.62. The number of carbonyl (C=O) groups is 3. The van der Waals surface area contributed by atoms with Crippen molar-refractivity contribution in [2.45, 2.75) is 78.2 Å². The van der Waals surface area contributed by atoms with E-state index in [9.17, 15) is 19.5 Å². The second-order valence-corrected chi connectivity index (χ2v) is 8.81. The van der Waals surface area contributed by atoms with E-state index in [1.807, 2.05) is 6.07 Å². The van der Waals surface area contributed by atoms with Gasteiger partial charge in [0.05, 0.1) is 0 Å². The molecule has 0 bridgehead atoms. The van der Waals surface area contributed by atoms with Crippen molar-refractivity contribution < 1.29 is 33.7 Å². The summed E-state index contributed by atoms with van der Waals surface area (Å²) in [5.74, 6) is -0.788. The van der Waals surface area contributed by atoms with Crippen molar-refractivity contribution in [2.24, 2.45) is 0 Å². The highest BCUT2D eigenvalue weighted by Gasteiger charge is 2.40. The smallest absolute Gasteiger partial charge is 0.420 e. The van der Waals surface area contributed by atoms with E-state index >= 15 is 0 Å². The molecule has 1 atom stereocenters. The molecule has 0 aliphatic carbocycles. The van der Waals surface area contributed by atoms with Crippen LogP contribution >= 0.6 is 0 Å². The third-order valence-electron chi connectivity index (χ3n) is 3.62. The highest BCUT2D eigenvalue weighted by Crippen LogP contribution is 2.20. The van der Waals surface area contributed by atoms with Crippen molar-refractivity contribution in [1.29, 1.82) is 0 Å². The van der Waals surface area contributed by atoms with Crippen molar-refractivity contribution in [3.05, 3.63) is 35.9 Å². The van der Waals surface area contributed by atoms with Crippen molar-refractivity contribution in [1.82, 2.24) is 4.90 Å². The summed E-state index contributed by atoms with van der Waals surface area (Å²) in [6.45, 7) is 9.64. The molecule has 0 unspecified atom stereocenters. The molecule has 0 radical (unpaired) electrons. The van der Waals surface area contributed by atoms with Gasteiger partial charge in [0.25, 0.3) is 0 Å². The van der Waals surface area contributed by atoms with E-state index < -0.39 is 35.4 Å². The van der Waals surface area contributed by atoms with Crippen LogP contribution in [0.3, 0.4) is 0 Å². The molecule has 30 heavy (non-hydrogen) atoms. The largest absolute Gasteiger partial charge is 0.459 e. The molecule has 0 aromatic heterocycles. The predicted molar refractivity (Wildman–Crippen MR) is 111 cm³/mol. The number of rotatable bonds is 7. The maximum Gasteiger partial charge on any atom is 0.420 e. The van der Waals surface area contributed by atoms with Gasteiger partial charge in [0, 0.05) is 6.61 Å². The molecule has 1 N–H and O–H groups in total. The molecule has 1 aromatic rings. The Morgan fingerprint density at radius 1 is 0.933 bits per heavy atom. The maximum atomic E-state index is 12.8. The van der Waals surface area contributed by atoms with Crippen molar-refractivity contribution in [3.63, 3.8) is 0 Å². The standard InChI is InChI=1S/C22H33NO7/c1-21(2,3)29-19(26)23(20(27)30-22(4,5)6)17(13-10-14-24)18(25)28-15-16-11-8-7-9-12-16/h7-9,11-12,17,24H,10,13-15H2,1-6H3/t17-/m0/s1. The lowest BCUT2D eigenvalue weighted by atomic mass is 10.1. The van der Waals surface area contributed by atoms with Crippen LogP contribution < -0.4 is 0 Å². The van der Waals surface area contributed by atoms with Crippen LogP contribution in [0.15, 0.2) is 30.3 Å². The van der Waals surface area contributed by atoms with Crippen molar-refractivity contribution >= 4 is 18.2 Å². The zero-order chi connectivity index (χ0) is 22.9. The first kappa shape index (κ1) is 25.4. The van der Waals surface area contributed by atoms with Crippen LogP contribution in [-0.2, 0) is 25.6 Å². The molecule has 0 fully saturated rings. The van der Waals surface area contributed by atoms with Gasteiger partial charge >= 0.3 is 18.2 Å². The lowest BCUT2D eigenvalue weighted by Gasteiger charge is -2.32. The first-order valence-corrected chi connectivity index (χ1v) is 9.90. The van der Waals surface area contributed by atoms with Gasteiger partial charge in [0.15, 0.2) is 0 Å². The number of aliphatic hydroxyl groups excluding tert-OH is 1. The molecule has 0 saturated heterocycles. The van der Waals surface area contributed by atoms with Gasteiger partial charge in [-0.25, -0.2) is 14.4 Å². The summed E-state index contributed by atoms with van der Waals surface area (Å²) in [6.07, 6.45) is -1.86. The molecule has 8 heteroatoms. The summed E-state index contributed by atoms with van der Waals surface area (Å²) in [5, 5.41) is 9.23. The SMILES string of the molecule is CC(C)(C)OC(=O)N(C(=O)OC(C)(C)C)[C@@H](CCCO)C(=O)OCc1ccccc1. The molecule has 1 aromatic carbocycles. The van der Waals surface area contributed by atoms with E-state index in [4.69, 9.17) is 14.2 Å². The lowest BCUT2D eigenvalue weighted by Crippen LogP contribution is -2.52. The number of esters is 1. The summed E-state index contributed by atoms with van der Waals surface area (Å²) in [4.78, 5) is 39.1. The predicted octanol–water partition coefficient (Wildman–Crippen LogP) is 4.04. The number of imide groups is 1. The van der Waals surface area contributed by atoms with Crippen LogP contribution in [0.5, 0.6) is 0 Å². The Hall–Kier alpha value is -2.61. The molecule has 0 spiro atoms. The van der Waals surface area contributed by atoms with Crippen molar-refractivity contribution in [3.8, 4) is 0 Å². The summed E-state index contributed by atoms with van der Waals surface area (Å²) in [5.41, 5.74) is -1.03. The number of hydrogen-bond donors (Lipinski definition) is 1. The molecular weight excluding hydrogens is 390 g/mol. The van der Waals surface area contributed by atoms with Gasteiger partial charge in [-0.1, -0.05) is 30.3 Å². The minimum atomic E-state index is -1.30. The first-order valence-electron chi connectivity index (χ1n) is 9.90. The fourth-order valence-corrected chi connectivity index (χ4v) is 2.41. The maximum absolute atomic E-state index is 12.8. The second-order valence-electron chi connectivity index (χ2n) is 8.81. The third kappa shape index (κ3) is 9.26.